The van der Waals surface area contributed by atoms with Crippen LogP contribution in [0.3, 0.4) is 0 Å². The highest BCUT2D eigenvalue weighted by molar-refractivity contribution is 9.10. The molecule has 1 N–H and O–H groups in total. The van der Waals surface area contributed by atoms with E-state index in [4.69, 9.17) is 11.6 Å². The molecule has 0 aliphatic rings. The standard InChI is InChI=1S/C16H15BrClF2N/c1-2-21-15(10-3-5-11(18)6-4-10)9-12-14(19)8-7-13(17)16(12)20/h3-8,15,21H,2,9H2,1H3. The normalized spacial score (nSPS) is 12.4. The zero-order valence-corrected chi connectivity index (χ0v) is 13.8. The molecule has 0 fully saturated rings. The van der Waals surface area contributed by atoms with E-state index in [0.29, 0.717) is 11.6 Å². The van der Waals surface area contributed by atoms with Crippen LogP contribution in [0.1, 0.15) is 24.1 Å². The number of rotatable bonds is 5. The van der Waals surface area contributed by atoms with Gasteiger partial charge in [-0.1, -0.05) is 30.7 Å². The van der Waals surface area contributed by atoms with E-state index in [1.165, 1.54) is 12.1 Å². The quantitative estimate of drug-likeness (QED) is 0.703. The summed E-state index contributed by atoms with van der Waals surface area (Å²) in [6, 6.07) is 9.74. The van der Waals surface area contributed by atoms with Gasteiger partial charge in [0.05, 0.1) is 4.47 Å². The Morgan fingerprint density at radius 1 is 1.14 bits per heavy atom. The van der Waals surface area contributed by atoms with Gasteiger partial charge >= 0.3 is 0 Å². The lowest BCUT2D eigenvalue weighted by atomic mass is 9.98. The fourth-order valence-electron chi connectivity index (χ4n) is 2.21. The van der Waals surface area contributed by atoms with Crippen LogP contribution in [0.25, 0.3) is 0 Å². The molecule has 2 aromatic rings. The molecule has 2 rings (SSSR count). The summed E-state index contributed by atoms with van der Waals surface area (Å²) < 4.78 is 28.3. The van der Waals surface area contributed by atoms with Gasteiger partial charge in [0.2, 0.25) is 0 Å². The summed E-state index contributed by atoms with van der Waals surface area (Å²) in [5.74, 6) is -1.08. The zero-order valence-electron chi connectivity index (χ0n) is 11.5. The molecule has 5 heteroatoms. The molecule has 0 aliphatic heterocycles. The number of nitrogens with one attached hydrogen (secondary N) is 1. The maximum atomic E-state index is 14.1. The van der Waals surface area contributed by atoms with Crippen LogP contribution in [0.2, 0.25) is 5.02 Å². The summed E-state index contributed by atoms with van der Waals surface area (Å²) in [7, 11) is 0. The van der Waals surface area contributed by atoms with Crippen LogP contribution < -0.4 is 5.32 Å². The second-order valence-corrected chi connectivity index (χ2v) is 5.98. The molecule has 0 radical (unpaired) electrons. The van der Waals surface area contributed by atoms with Crippen LogP contribution >= 0.6 is 27.5 Å². The average molecular weight is 375 g/mol. The lowest BCUT2D eigenvalue weighted by Gasteiger charge is -2.19. The van der Waals surface area contributed by atoms with E-state index in [-0.39, 0.29) is 22.5 Å². The van der Waals surface area contributed by atoms with Crippen LogP contribution in [0.15, 0.2) is 40.9 Å². The largest absolute Gasteiger partial charge is 0.310 e. The van der Waals surface area contributed by atoms with Crippen LogP contribution in [0.5, 0.6) is 0 Å². The second kappa shape index (κ2) is 7.34. The van der Waals surface area contributed by atoms with Gasteiger partial charge in [0.25, 0.3) is 0 Å². The van der Waals surface area contributed by atoms with Gasteiger partial charge in [-0.2, -0.15) is 0 Å². The first-order chi connectivity index (χ1) is 10.0. The first kappa shape index (κ1) is 16.4. The van der Waals surface area contributed by atoms with Crippen molar-refractivity contribution in [3.8, 4) is 0 Å². The van der Waals surface area contributed by atoms with Gasteiger partial charge in [-0.15, -0.1) is 0 Å². The highest BCUT2D eigenvalue weighted by Gasteiger charge is 2.18. The van der Waals surface area contributed by atoms with Gasteiger partial charge in [0, 0.05) is 16.6 Å². The predicted octanol–water partition coefficient (Wildman–Crippen LogP) is 5.27. The van der Waals surface area contributed by atoms with Crippen molar-refractivity contribution in [1.82, 2.24) is 5.32 Å². The lowest BCUT2D eigenvalue weighted by molar-refractivity contribution is 0.497. The monoisotopic (exact) mass is 373 g/mol. The molecule has 112 valence electrons. The molecule has 21 heavy (non-hydrogen) atoms. The first-order valence-electron chi connectivity index (χ1n) is 6.64. The van der Waals surface area contributed by atoms with Crippen LogP contribution in [-0.4, -0.2) is 6.54 Å². The van der Waals surface area contributed by atoms with Crippen LogP contribution in [0, 0.1) is 11.6 Å². The molecule has 1 unspecified atom stereocenters. The van der Waals surface area contributed by atoms with E-state index >= 15 is 0 Å². The molecule has 0 heterocycles. The summed E-state index contributed by atoms with van der Waals surface area (Å²) in [6.07, 6.45) is 0.229. The van der Waals surface area contributed by atoms with Crippen LogP contribution in [0.4, 0.5) is 8.78 Å². The maximum Gasteiger partial charge on any atom is 0.143 e. The van der Waals surface area contributed by atoms with Crippen molar-refractivity contribution >= 4 is 27.5 Å². The molecule has 1 atom stereocenters. The summed E-state index contributed by atoms with van der Waals surface area (Å²) in [4.78, 5) is 0. The third-order valence-corrected chi connectivity index (χ3v) is 4.13. The fraction of sp³-hybridized carbons (Fsp3) is 0.250. The average Bonchev–Trinajstić information content (AvgIpc) is 2.47. The summed E-state index contributed by atoms with van der Waals surface area (Å²) >= 11 is 8.97. The SMILES string of the molecule is CCNC(Cc1c(F)ccc(Br)c1F)c1ccc(Cl)cc1. The van der Waals surface area contributed by atoms with Gasteiger partial charge < -0.3 is 5.32 Å². The van der Waals surface area contributed by atoms with Crippen LogP contribution in [-0.2, 0) is 6.42 Å². The van der Waals surface area contributed by atoms with E-state index in [0.717, 1.165) is 5.56 Å². The Bertz CT molecular complexity index is 616. The number of hydrogen-bond acceptors (Lipinski definition) is 1. The molecule has 0 saturated heterocycles. The van der Waals surface area contributed by atoms with E-state index in [1.807, 2.05) is 19.1 Å². The molecular formula is C16H15BrClF2N. The Morgan fingerprint density at radius 3 is 2.43 bits per heavy atom. The molecule has 2 aromatic carbocycles. The molecule has 0 spiro atoms. The minimum Gasteiger partial charge on any atom is -0.310 e. The number of likely N-dealkylation sites (N-methyl/N-ethyl adjacent to an activating group) is 1. The minimum absolute atomic E-state index is 0.0743. The van der Waals surface area contributed by atoms with Gasteiger partial charge in [-0.25, -0.2) is 8.78 Å². The van der Waals surface area contributed by atoms with Gasteiger partial charge in [-0.05, 0) is 58.7 Å². The number of halogens is 4. The summed E-state index contributed by atoms with van der Waals surface area (Å²) in [6.45, 7) is 2.65. The third-order valence-electron chi connectivity index (χ3n) is 3.27. The zero-order chi connectivity index (χ0) is 15.4. The minimum atomic E-state index is -0.549. The van der Waals surface area contributed by atoms with E-state index < -0.39 is 11.6 Å². The van der Waals surface area contributed by atoms with Crippen molar-refractivity contribution < 1.29 is 8.78 Å². The second-order valence-electron chi connectivity index (χ2n) is 4.69. The highest BCUT2D eigenvalue weighted by Crippen LogP contribution is 2.27. The van der Waals surface area contributed by atoms with Crippen molar-refractivity contribution in [3.05, 3.63) is 68.7 Å². The Morgan fingerprint density at radius 2 is 1.81 bits per heavy atom. The summed E-state index contributed by atoms with van der Waals surface area (Å²) in [5, 5.41) is 3.88. The molecule has 0 amide bonds. The van der Waals surface area contributed by atoms with E-state index in [2.05, 4.69) is 21.2 Å². The Balaban J connectivity index is 2.32. The maximum absolute atomic E-state index is 14.1. The molecule has 1 nitrogen and oxygen atoms in total. The topological polar surface area (TPSA) is 12.0 Å². The first-order valence-corrected chi connectivity index (χ1v) is 7.81. The Labute approximate surface area is 136 Å². The third kappa shape index (κ3) is 4.02. The number of benzene rings is 2. The molecule has 0 bridgehead atoms. The van der Waals surface area contributed by atoms with Crippen molar-refractivity contribution in [1.29, 1.82) is 0 Å². The van der Waals surface area contributed by atoms with Gasteiger partial charge in [0.15, 0.2) is 0 Å². The Kier molecular flexibility index (Phi) is 5.73. The van der Waals surface area contributed by atoms with Crippen molar-refractivity contribution in [2.24, 2.45) is 0 Å². The van der Waals surface area contributed by atoms with Gasteiger partial charge in [-0.3, -0.25) is 0 Å². The molecule has 0 saturated carbocycles. The van der Waals surface area contributed by atoms with Crippen molar-refractivity contribution in [2.45, 2.75) is 19.4 Å². The van der Waals surface area contributed by atoms with Crippen molar-refractivity contribution in [2.75, 3.05) is 6.54 Å². The lowest BCUT2D eigenvalue weighted by Crippen LogP contribution is -2.23. The highest BCUT2D eigenvalue weighted by atomic mass is 79.9. The van der Waals surface area contributed by atoms with E-state index in [9.17, 15) is 8.78 Å². The Hall–Kier alpha value is -0.970. The van der Waals surface area contributed by atoms with Gasteiger partial charge in [0.1, 0.15) is 11.6 Å². The number of hydrogen-bond donors (Lipinski definition) is 1. The predicted molar refractivity (Wildman–Crippen MR) is 85.6 cm³/mol. The smallest absolute Gasteiger partial charge is 0.143 e. The fourth-order valence-corrected chi connectivity index (χ4v) is 2.71. The molecular weight excluding hydrogens is 360 g/mol. The molecule has 0 aromatic heterocycles. The van der Waals surface area contributed by atoms with Crippen molar-refractivity contribution in [3.63, 3.8) is 0 Å². The molecule has 0 aliphatic carbocycles. The summed E-state index contributed by atoms with van der Waals surface area (Å²) in [5.41, 5.74) is 1.02. The van der Waals surface area contributed by atoms with E-state index in [1.54, 1.807) is 12.1 Å².